The second-order valence-corrected chi connectivity index (χ2v) is 9.66. The molecule has 0 amide bonds. The van der Waals surface area contributed by atoms with Crippen molar-refractivity contribution in [2.45, 2.75) is 50.4 Å². The molecule has 1 aromatic rings. The van der Waals surface area contributed by atoms with Gasteiger partial charge in [-0.25, -0.2) is 0 Å². The van der Waals surface area contributed by atoms with E-state index in [1.54, 1.807) is 38.5 Å². The lowest BCUT2D eigenvalue weighted by molar-refractivity contribution is -0.0247. The maximum Gasteiger partial charge on any atom is -0.00912 e. The third kappa shape index (κ3) is 1.10. The molecule has 2 unspecified atom stereocenters. The molecule has 1 aromatic carbocycles. The highest BCUT2D eigenvalue weighted by Crippen LogP contribution is 2.77. The Bertz CT molecular complexity index is 571. The molecule has 0 N–H and O–H groups in total. The molecular formula is C22H26. The van der Waals surface area contributed by atoms with E-state index in [1.165, 1.54) is 0 Å². The van der Waals surface area contributed by atoms with Gasteiger partial charge >= 0.3 is 0 Å². The normalized spacial score (nSPS) is 58.7. The van der Waals surface area contributed by atoms with Crippen LogP contribution in [0.4, 0.5) is 0 Å². The van der Waals surface area contributed by atoms with E-state index in [4.69, 9.17) is 0 Å². The minimum atomic E-state index is 0.974. The van der Waals surface area contributed by atoms with Crippen molar-refractivity contribution >= 4 is 0 Å². The van der Waals surface area contributed by atoms with E-state index in [1.807, 2.05) is 11.1 Å². The first-order valence-corrected chi connectivity index (χ1v) is 10.0. The van der Waals surface area contributed by atoms with E-state index >= 15 is 0 Å². The summed E-state index contributed by atoms with van der Waals surface area (Å²) in [5.74, 6) is 10.8. The zero-order valence-corrected chi connectivity index (χ0v) is 13.3. The summed E-state index contributed by atoms with van der Waals surface area (Å²) in [5.41, 5.74) is 3.66. The summed E-state index contributed by atoms with van der Waals surface area (Å²) in [6.45, 7) is 0. The fourth-order valence-electron chi connectivity index (χ4n) is 9.35. The summed E-state index contributed by atoms with van der Waals surface area (Å²) in [4.78, 5) is 0. The second-order valence-electron chi connectivity index (χ2n) is 9.66. The fourth-order valence-corrected chi connectivity index (χ4v) is 9.35. The minimum Gasteiger partial charge on any atom is -0.0620 e. The maximum atomic E-state index is 2.54. The smallest absolute Gasteiger partial charge is 0.00912 e. The van der Waals surface area contributed by atoms with Gasteiger partial charge in [-0.3, -0.25) is 0 Å². The molecule has 0 aliphatic heterocycles. The molecule has 7 aliphatic rings. The Kier molecular flexibility index (Phi) is 1.94. The average molecular weight is 290 g/mol. The topological polar surface area (TPSA) is 0 Å². The number of hydrogen-bond acceptors (Lipinski definition) is 0. The average Bonchev–Trinajstić information content (AvgIpc) is 3.34. The quantitative estimate of drug-likeness (QED) is 0.615. The third-order valence-corrected chi connectivity index (χ3v) is 9.47. The van der Waals surface area contributed by atoms with Gasteiger partial charge in [-0.1, -0.05) is 24.3 Å². The second kappa shape index (κ2) is 3.65. The molecule has 10 atom stereocenters. The van der Waals surface area contributed by atoms with Crippen molar-refractivity contribution < 1.29 is 0 Å². The predicted octanol–water partition coefficient (Wildman–Crippen LogP) is 5.21. The Balaban J connectivity index is 1.50. The molecule has 8 rings (SSSR count). The lowest BCUT2D eigenvalue weighted by atomic mass is 9.44. The van der Waals surface area contributed by atoms with Gasteiger partial charge in [0.2, 0.25) is 0 Å². The molecule has 0 heterocycles. The molecule has 0 heteroatoms. The number of hydrogen-bond donors (Lipinski definition) is 0. The van der Waals surface area contributed by atoms with Gasteiger partial charge in [0.25, 0.3) is 0 Å². The largest absolute Gasteiger partial charge is 0.0620 e. The van der Waals surface area contributed by atoms with Gasteiger partial charge in [0.15, 0.2) is 0 Å². The van der Waals surface area contributed by atoms with Crippen molar-refractivity contribution in [3.63, 3.8) is 0 Å². The van der Waals surface area contributed by atoms with Crippen LogP contribution in [-0.4, -0.2) is 0 Å². The summed E-state index contributed by atoms with van der Waals surface area (Å²) in [6.07, 6.45) is 9.49. The van der Waals surface area contributed by atoms with Gasteiger partial charge < -0.3 is 0 Å². The number of rotatable bonds is 0. The fraction of sp³-hybridized carbons (Fsp3) is 0.727. The molecule has 0 radical (unpaired) electrons. The maximum absolute atomic E-state index is 2.54. The van der Waals surface area contributed by atoms with Gasteiger partial charge in [0.05, 0.1) is 0 Å². The molecule has 114 valence electrons. The molecular weight excluding hydrogens is 264 g/mol. The van der Waals surface area contributed by atoms with Crippen LogP contribution in [0.5, 0.6) is 0 Å². The van der Waals surface area contributed by atoms with Crippen molar-refractivity contribution in [3.05, 3.63) is 35.4 Å². The zero-order valence-electron chi connectivity index (χ0n) is 13.3. The first-order chi connectivity index (χ1) is 10.9. The Hall–Kier alpha value is -0.780. The Morgan fingerprint density at radius 2 is 0.909 bits per heavy atom. The van der Waals surface area contributed by atoms with Crippen LogP contribution < -0.4 is 0 Å². The SMILES string of the molecule is c1ccc2c(c1)C1[C@@H]3[C@H]4CC[C@H](C4)[C@@H]3C2[C@@H]2[C@H]3CC[C@H](C3)[C@H]12. The van der Waals surface area contributed by atoms with E-state index in [2.05, 4.69) is 24.3 Å². The van der Waals surface area contributed by atoms with Gasteiger partial charge in [0.1, 0.15) is 0 Å². The Morgan fingerprint density at radius 1 is 0.545 bits per heavy atom. The van der Waals surface area contributed by atoms with Crippen LogP contribution in [0.1, 0.15) is 61.5 Å². The van der Waals surface area contributed by atoms with Crippen LogP contribution in [0.2, 0.25) is 0 Å². The van der Waals surface area contributed by atoms with Crippen molar-refractivity contribution in [1.82, 2.24) is 0 Å². The molecule has 0 saturated heterocycles. The molecule has 5 saturated carbocycles. The van der Waals surface area contributed by atoms with Gasteiger partial charge in [-0.05, 0) is 109 Å². The highest BCUT2D eigenvalue weighted by molar-refractivity contribution is 5.45. The minimum absolute atomic E-state index is 0.974. The van der Waals surface area contributed by atoms with Crippen LogP contribution in [0.3, 0.4) is 0 Å². The first-order valence-electron chi connectivity index (χ1n) is 10.0. The van der Waals surface area contributed by atoms with Crippen LogP contribution in [0, 0.1) is 47.3 Å². The molecule has 0 nitrogen and oxygen atoms in total. The molecule has 7 aliphatic carbocycles. The van der Waals surface area contributed by atoms with Crippen LogP contribution in [0.15, 0.2) is 24.3 Å². The summed E-state index contributed by atoms with van der Waals surface area (Å²) < 4.78 is 0. The van der Waals surface area contributed by atoms with Crippen molar-refractivity contribution in [2.24, 2.45) is 47.3 Å². The van der Waals surface area contributed by atoms with Gasteiger partial charge in [0, 0.05) is 0 Å². The Morgan fingerprint density at radius 3 is 1.27 bits per heavy atom. The standard InChI is InChI=1S/C22H26/c1-2-4-16-15(3-1)21-17-11-5-7-13(9-11)19(17)22(16)20-14-8-6-12(10-14)18(20)21/h1-4,11-14,17-22H,5-10H2/t11-,12+,13+,14-,17+,18-,19-,20+,21?,22?. The van der Waals surface area contributed by atoms with E-state index in [0.29, 0.717) is 0 Å². The van der Waals surface area contributed by atoms with Gasteiger partial charge in [-0.2, -0.15) is 0 Å². The predicted molar refractivity (Wildman–Crippen MR) is 87.5 cm³/mol. The van der Waals surface area contributed by atoms with Crippen LogP contribution in [0.25, 0.3) is 0 Å². The Labute approximate surface area is 133 Å². The molecule has 0 aromatic heterocycles. The first kappa shape index (κ1) is 11.7. The molecule has 5 fully saturated rings. The van der Waals surface area contributed by atoms with Gasteiger partial charge in [-0.15, -0.1) is 0 Å². The third-order valence-electron chi connectivity index (χ3n) is 9.47. The molecule has 22 heavy (non-hydrogen) atoms. The van der Waals surface area contributed by atoms with Crippen molar-refractivity contribution in [3.8, 4) is 0 Å². The zero-order chi connectivity index (χ0) is 14.0. The molecule has 6 bridgehead atoms. The molecule has 0 spiro atoms. The van der Waals surface area contributed by atoms with E-state index in [0.717, 1.165) is 59.2 Å². The lowest BCUT2D eigenvalue weighted by Crippen LogP contribution is -2.52. The number of benzene rings is 1. The summed E-state index contributed by atoms with van der Waals surface area (Å²) in [5, 5.41) is 0. The van der Waals surface area contributed by atoms with E-state index in [9.17, 15) is 0 Å². The van der Waals surface area contributed by atoms with Crippen LogP contribution >= 0.6 is 0 Å². The monoisotopic (exact) mass is 290 g/mol. The van der Waals surface area contributed by atoms with Crippen molar-refractivity contribution in [2.75, 3.05) is 0 Å². The lowest BCUT2D eigenvalue weighted by Gasteiger charge is -2.60. The van der Waals surface area contributed by atoms with E-state index in [-0.39, 0.29) is 0 Å². The van der Waals surface area contributed by atoms with Crippen molar-refractivity contribution in [1.29, 1.82) is 0 Å². The summed E-state index contributed by atoms with van der Waals surface area (Å²) in [6, 6.07) is 9.75. The highest BCUT2D eigenvalue weighted by atomic mass is 14.7. The summed E-state index contributed by atoms with van der Waals surface area (Å²) >= 11 is 0. The van der Waals surface area contributed by atoms with E-state index < -0.39 is 0 Å². The number of fused-ring (bicyclic) bond motifs is 4. The highest BCUT2D eigenvalue weighted by Gasteiger charge is 2.68. The van der Waals surface area contributed by atoms with Crippen LogP contribution in [-0.2, 0) is 0 Å². The summed E-state index contributed by atoms with van der Waals surface area (Å²) in [7, 11) is 0.